The first-order valence-electron chi connectivity index (χ1n) is 4.97. The van der Waals surface area contributed by atoms with Crippen LogP contribution in [0.15, 0.2) is 18.2 Å². The fourth-order valence-electron chi connectivity index (χ4n) is 1.17. The van der Waals surface area contributed by atoms with E-state index in [1.165, 1.54) is 6.07 Å². The third-order valence-corrected chi connectivity index (χ3v) is 2.20. The third kappa shape index (κ3) is 2.79. The highest BCUT2D eigenvalue weighted by molar-refractivity contribution is 5.92. The Labute approximate surface area is 93.6 Å². The van der Waals surface area contributed by atoms with E-state index < -0.39 is 4.92 Å². The van der Waals surface area contributed by atoms with Crippen molar-refractivity contribution in [1.82, 2.24) is 0 Å². The summed E-state index contributed by atoms with van der Waals surface area (Å²) in [6.07, 6.45) is 0. The number of benzene rings is 1. The van der Waals surface area contributed by atoms with Crippen LogP contribution >= 0.6 is 0 Å². The molecule has 0 aliphatic rings. The van der Waals surface area contributed by atoms with Gasteiger partial charge in [0.05, 0.1) is 4.92 Å². The summed E-state index contributed by atoms with van der Waals surface area (Å²) in [5.41, 5.74) is 1.05. The van der Waals surface area contributed by atoms with Crippen LogP contribution in [0.1, 0.15) is 19.4 Å². The summed E-state index contributed by atoms with van der Waals surface area (Å²) in [5, 5.41) is 13.3. The maximum atomic E-state index is 11.4. The highest BCUT2D eigenvalue weighted by atomic mass is 16.6. The number of carbonyl (C=O) groups excluding carboxylic acids is 1. The van der Waals surface area contributed by atoms with Crippen molar-refractivity contribution in [3.05, 3.63) is 33.9 Å². The average Bonchev–Trinajstić information content (AvgIpc) is 2.20. The summed E-state index contributed by atoms with van der Waals surface area (Å²) < 4.78 is 0. The maximum absolute atomic E-state index is 11.4. The monoisotopic (exact) mass is 222 g/mol. The molecular weight excluding hydrogens is 208 g/mol. The van der Waals surface area contributed by atoms with Gasteiger partial charge >= 0.3 is 0 Å². The Kier molecular flexibility index (Phi) is 3.60. The average molecular weight is 222 g/mol. The van der Waals surface area contributed by atoms with Crippen LogP contribution in [0.5, 0.6) is 0 Å². The quantitative estimate of drug-likeness (QED) is 0.630. The zero-order valence-electron chi connectivity index (χ0n) is 9.48. The van der Waals surface area contributed by atoms with Crippen molar-refractivity contribution in [3.8, 4) is 0 Å². The van der Waals surface area contributed by atoms with Crippen molar-refractivity contribution < 1.29 is 9.72 Å². The number of rotatable bonds is 3. The molecule has 0 spiro atoms. The van der Waals surface area contributed by atoms with Crippen molar-refractivity contribution >= 4 is 17.3 Å². The van der Waals surface area contributed by atoms with Gasteiger partial charge in [0.1, 0.15) is 0 Å². The number of anilines is 1. The molecule has 0 unspecified atom stereocenters. The maximum Gasteiger partial charge on any atom is 0.274 e. The molecule has 0 heterocycles. The van der Waals surface area contributed by atoms with Gasteiger partial charge < -0.3 is 5.32 Å². The minimum absolute atomic E-state index is 0.0153. The van der Waals surface area contributed by atoms with Crippen LogP contribution in [-0.2, 0) is 4.79 Å². The fraction of sp³-hybridized carbons (Fsp3) is 0.364. The van der Waals surface area contributed by atoms with Gasteiger partial charge in [-0.05, 0) is 13.0 Å². The van der Waals surface area contributed by atoms with Crippen LogP contribution in [-0.4, -0.2) is 10.8 Å². The van der Waals surface area contributed by atoms with E-state index in [9.17, 15) is 14.9 Å². The molecule has 1 rings (SSSR count). The van der Waals surface area contributed by atoms with E-state index in [0.717, 1.165) is 0 Å². The molecule has 1 N–H and O–H groups in total. The largest absolute Gasteiger partial charge is 0.326 e. The molecule has 1 aromatic carbocycles. The lowest BCUT2D eigenvalue weighted by atomic mass is 10.1. The van der Waals surface area contributed by atoms with E-state index in [2.05, 4.69) is 5.32 Å². The number of nitro benzene ring substituents is 1. The highest BCUT2D eigenvalue weighted by Crippen LogP contribution is 2.22. The summed E-state index contributed by atoms with van der Waals surface area (Å²) in [7, 11) is 0. The molecule has 1 aromatic rings. The molecule has 1 amide bonds. The summed E-state index contributed by atoms with van der Waals surface area (Å²) in [4.78, 5) is 21.6. The molecule has 5 heteroatoms. The minimum Gasteiger partial charge on any atom is -0.326 e. The number of aryl methyl sites for hydroxylation is 1. The molecule has 0 aliphatic heterocycles. The fourth-order valence-corrected chi connectivity index (χ4v) is 1.17. The lowest BCUT2D eigenvalue weighted by Crippen LogP contribution is -2.17. The second-order valence-electron chi connectivity index (χ2n) is 3.90. The molecule has 0 fully saturated rings. The van der Waals surface area contributed by atoms with E-state index in [1.807, 2.05) is 0 Å². The number of hydrogen-bond donors (Lipinski definition) is 1. The van der Waals surface area contributed by atoms with Crippen molar-refractivity contribution in [2.75, 3.05) is 5.32 Å². The number of amides is 1. The minimum atomic E-state index is -0.458. The number of nitro groups is 1. The first-order valence-corrected chi connectivity index (χ1v) is 4.97. The van der Waals surface area contributed by atoms with Gasteiger partial charge in [0.2, 0.25) is 5.91 Å². The van der Waals surface area contributed by atoms with Crippen molar-refractivity contribution in [3.63, 3.8) is 0 Å². The second-order valence-corrected chi connectivity index (χ2v) is 3.90. The zero-order chi connectivity index (χ0) is 12.3. The molecule has 0 saturated carbocycles. The first-order chi connectivity index (χ1) is 7.41. The molecule has 16 heavy (non-hydrogen) atoms. The van der Waals surface area contributed by atoms with Crippen molar-refractivity contribution in [1.29, 1.82) is 0 Å². The molecule has 5 nitrogen and oxygen atoms in total. The van der Waals surface area contributed by atoms with Crippen LogP contribution in [0.3, 0.4) is 0 Å². The summed E-state index contributed by atoms with van der Waals surface area (Å²) in [6, 6.07) is 4.65. The van der Waals surface area contributed by atoms with Crippen LogP contribution in [0.4, 0.5) is 11.4 Å². The van der Waals surface area contributed by atoms with Gasteiger partial charge in [-0.3, -0.25) is 14.9 Å². The summed E-state index contributed by atoms with van der Waals surface area (Å²) in [5.74, 6) is -0.307. The zero-order valence-corrected chi connectivity index (χ0v) is 9.48. The topological polar surface area (TPSA) is 72.2 Å². The predicted octanol–water partition coefficient (Wildman–Crippen LogP) is 2.50. The van der Waals surface area contributed by atoms with Crippen molar-refractivity contribution in [2.24, 2.45) is 5.92 Å². The Morgan fingerprint density at radius 3 is 2.56 bits per heavy atom. The molecule has 0 aliphatic carbocycles. The number of nitrogens with one attached hydrogen (secondary N) is 1. The van der Waals surface area contributed by atoms with Crippen LogP contribution in [0.25, 0.3) is 0 Å². The van der Waals surface area contributed by atoms with E-state index in [-0.39, 0.29) is 17.5 Å². The molecule has 0 saturated heterocycles. The molecule has 0 atom stereocenters. The Balaban J connectivity index is 2.95. The van der Waals surface area contributed by atoms with E-state index >= 15 is 0 Å². The van der Waals surface area contributed by atoms with Gasteiger partial charge in [0.15, 0.2) is 0 Å². The summed E-state index contributed by atoms with van der Waals surface area (Å²) in [6.45, 7) is 5.18. The van der Waals surface area contributed by atoms with Gasteiger partial charge in [-0.15, -0.1) is 0 Å². The SMILES string of the molecule is Cc1ccc(NC(=O)C(C)C)cc1[N+](=O)[O-]. The van der Waals surface area contributed by atoms with Crippen molar-refractivity contribution in [2.45, 2.75) is 20.8 Å². The van der Waals surface area contributed by atoms with Crippen LogP contribution in [0, 0.1) is 23.0 Å². The van der Waals surface area contributed by atoms with E-state index in [0.29, 0.717) is 11.3 Å². The Morgan fingerprint density at radius 1 is 1.44 bits per heavy atom. The van der Waals surface area contributed by atoms with Gasteiger partial charge in [0.25, 0.3) is 5.69 Å². The molecule has 0 radical (unpaired) electrons. The van der Waals surface area contributed by atoms with Crippen LogP contribution in [0.2, 0.25) is 0 Å². The number of hydrogen-bond acceptors (Lipinski definition) is 3. The molecule has 0 aromatic heterocycles. The van der Waals surface area contributed by atoms with E-state index in [4.69, 9.17) is 0 Å². The number of nitrogens with zero attached hydrogens (tertiary/aromatic N) is 1. The van der Waals surface area contributed by atoms with Gasteiger partial charge in [0, 0.05) is 23.2 Å². The highest BCUT2D eigenvalue weighted by Gasteiger charge is 2.13. The normalized spacial score (nSPS) is 10.2. The van der Waals surface area contributed by atoms with Gasteiger partial charge in [-0.2, -0.15) is 0 Å². The predicted molar refractivity (Wildman–Crippen MR) is 61.3 cm³/mol. The standard InChI is InChI=1S/C11H14N2O3/c1-7(2)11(14)12-9-5-4-8(3)10(6-9)13(15)16/h4-7H,1-3H3,(H,12,14). The van der Waals surface area contributed by atoms with Gasteiger partial charge in [-0.25, -0.2) is 0 Å². The van der Waals surface area contributed by atoms with Gasteiger partial charge in [-0.1, -0.05) is 19.9 Å². The molecular formula is C11H14N2O3. The Bertz CT molecular complexity index is 427. The Morgan fingerprint density at radius 2 is 2.06 bits per heavy atom. The molecule has 86 valence electrons. The summed E-state index contributed by atoms with van der Waals surface area (Å²) >= 11 is 0. The molecule has 0 bridgehead atoms. The second kappa shape index (κ2) is 4.74. The smallest absolute Gasteiger partial charge is 0.274 e. The van der Waals surface area contributed by atoms with E-state index in [1.54, 1.807) is 32.9 Å². The first kappa shape index (κ1) is 12.2. The lowest BCUT2D eigenvalue weighted by Gasteiger charge is -2.07. The number of carbonyl (C=O) groups is 1. The third-order valence-electron chi connectivity index (χ3n) is 2.20. The van der Waals surface area contributed by atoms with Crippen LogP contribution < -0.4 is 5.32 Å². The Hall–Kier alpha value is -1.91. The lowest BCUT2D eigenvalue weighted by molar-refractivity contribution is -0.385.